The summed E-state index contributed by atoms with van der Waals surface area (Å²) in [4.78, 5) is 0.682. The normalized spacial score (nSPS) is 11.3. The van der Waals surface area contributed by atoms with Gasteiger partial charge in [-0.1, -0.05) is 29.5 Å². The summed E-state index contributed by atoms with van der Waals surface area (Å²) in [6.07, 6.45) is 3.89. The molecule has 0 aliphatic carbocycles. The van der Waals surface area contributed by atoms with Gasteiger partial charge in [-0.25, -0.2) is 4.39 Å². The Bertz CT molecular complexity index is 1070. The molecule has 2 heterocycles. The fourth-order valence-corrected chi connectivity index (χ4v) is 3.15. The molecule has 2 aromatic heterocycles. The second kappa shape index (κ2) is 7.55. The van der Waals surface area contributed by atoms with E-state index in [1.807, 2.05) is 36.4 Å². The lowest BCUT2D eigenvalue weighted by Crippen LogP contribution is -2.02. The van der Waals surface area contributed by atoms with Crippen LogP contribution in [-0.2, 0) is 6.61 Å². The van der Waals surface area contributed by atoms with Gasteiger partial charge < -0.3 is 9.47 Å². The monoisotopic (exact) mass is 382 g/mol. The third-order valence-electron chi connectivity index (χ3n) is 3.79. The molecule has 0 fully saturated rings. The van der Waals surface area contributed by atoms with E-state index < -0.39 is 0 Å². The Labute approximate surface area is 158 Å². The standard InChI is InChI=1S/C19H15FN4O2S/c1-25-15-7-2-13(3-8-15)4-11-18-23-24-17(21-22-19(24)27-18)12-26-16-9-5-14(20)6-10-16/h2-11H,12H2,1H3. The van der Waals surface area contributed by atoms with Gasteiger partial charge in [0.1, 0.15) is 28.9 Å². The van der Waals surface area contributed by atoms with Crippen LogP contribution in [0.1, 0.15) is 16.4 Å². The fraction of sp³-hybridized carbons (Fsp3) is 0.105. The summed E-state index contributed by atoms with van der Waals surface area (Å²) in [5, 5.41) is 13.5. The first-order valence-corrected chi connectivity index (χ1v) is 8.94. The molecule has 0 spiro atoms. The number of methoxy groups -OCH3 is 1. The Kier molecular flexibility index (Phi) is 4.80. The van der Waals surface area contributed by atoms with Crippen molar-refractivity contribution in [1.29, 1.82) is 0 Å². The van der Waals surface area contributed by atoms with Gasteiger partial charge in [0.2, 0.25) is 4.96 Å². The van der Waals surface area contributed by atoms with Crippen molar-refractivity contribution in [2.24, 2.45) is 0 Å². The van der Waals surface area contributed by atoms with Gasteiger partial charge in [-0.2, -0.15) is 9.61 Å². The Hall–Kier alpha value is -3.26. The van der Waals surface area contributed by atoms with Crippen molar-refractivity contribution in [3.8, 4) is 11.5 Å². The quantitative estimate of drug-likeness (QED) is 0.503. The Morgan fingerprint density at radius 2 is 1.74 bits per heavy atom. The number of rotatable bonds is 6. The first kappa shape index (κ1) is 17.2. The van der Waals surface area contributed by atoms with Crippen LogP contribution in [0.25, 0.3) is 17.1 Å². The molecular weight excluding hydrogens is 367 g/mol. The molecule has 8 heteroatoms. The molecule has 6 nitrogen and oxygen atoms in total. The average Bonchev–Trinajstić information content (AvgIpc) is 3.27. The van der Waals surface area contributed by atoms with Crippen LogP contribution in [-0.4, -0.2) is 26.9 Å². The summed E-state index contributed by atoms with van der Waals surface area (Å²) in [6.45, 7) is 0.193. The van der Waals surface area contributed by atoms with Gasteiger partial charge in [0.15, 0.2) is 5.82 Å². The maximum atomic E-state index is 12.9. The molecule has 0 atom stereocenters. The van der Waals surface area contributed by atoms with Gasteiger partial charge in [-0.15, -0.1) is 10.2 Å². The SMILES string of the molecule is COc1ccc(C=Cc2nn3c(COc4ccc(F)cc4)nnc3s2)cc1. The molecule has 136 valence electrons. The molecular formula is C19H15FN4O2S. The highest BCUT2D eigenvalue weighted by Gasteiger charge is 2.11. The molecule has 0 unspecified atom stereocenters. The summed E-state index contributed by atoms with van der Waals surface area (Å²) in [5.41, 5.74) is 1.04. The molecule has 0 aliphatic rings. The van der Waals surface area contributed by atoms with E-state index in [2.05, 4.69) is 15.3 Å². The summed E-state index contributed by atoms with van der Waals surface area (Å²) in [6, 6.07) is 13.6. The van der Waals surface area contributed by atoms with E-state index in [0.29, 0.717) is 16.5 Å². The Morgan fingerprint density at radius 3 is 2.48 bits per heavy atom. The van der Waals surface area contributed by atoms with Crippen molar-refractivity contribution in [2.75, 3.05) is 7.11 Å². The number of nitrogens with zero attached hydrogens (tertiary/aromatic N) is 4. The first-order chi connectivity index (χ1) is 13.2. The Morgan fingerprint density at radius 1 is 1.00 bits per heavy atom. The number of aromatic nitrogens is 4. The summed E-state index contributed by atoms with van der Waals surface area (Å²) in [5.74, 6) is 1.65. The highest BCUT2D eigenvalue weighted by molar-refractivity contribution is 7.17. The molecule has 4 aromatic rings. The van der Waals surface area contributed by atoms with E-state index in [4.69, 9.17) is 9.47 Å². The van der Waals surface area contributed by atoms with Gasteiger partial charge >= 0.3 is 0 Å². The van der Waals surface area contributed by atoms with Crippen LogP contribution in [0.4, 0.5) is 4.39 Å². The van der Waals surface area contributed by atoms with E-state index >= 15 is 0 Å². The topological polar surface area (TPSA) is 61.5 Å². The molecule has 0 bridgehead atoms. The van der Waals surface area contributed by atoms with E-state index in [1.165, 1.54) is 23.5 Å². The van der Waals surface area contributed by atoms with Gasteiger partial charge in [0.25, 0.3) is 0 Å². The lowest BCUT2D eigenvalue weighted by atomic mass is 10.2. The van der Waals surface area contributed by atoms with Crippen LogP contribution < -0.4 is 9.47 Å². The average molecular weight is 382 g/mol. The second-order valence-electron chi connectivity index (χ2n) is 5.60. The molecule has 0 amide bonds. The zero-order valence-corrected chi connectivity index (χ0v) is 15.2. The van der Waals surface area contributed by atoms with Crippen LogP contribution in [0.5, 0.6) is 11.5 Å². The first-order valence-electron chi connectivity index (χ1n) is 8.13. The van der Waals surface area contributed by atoms with E-state index in [9.17, 15) is 4.39 Å². The predicted octanol–water partition coefficient (Wildman–Crippen LogP) is 4.08. The molecule has 0 N–H and O–H groups in total. The number of halogens is 1. The minimum absolute atomic E-state index is 0.193. The number of benzene rings is 2. The third-order valence-corrected chi connectivity index (χ3v) is 4.65. The number of fused-ring (bicyclic) bond motifs is 1. The van der Waals surface area contributed by atoms with Crippen LogP contribution >= 0.6 is 11.3 Å². The minimum atomic E-state index is -0.306. The molecule has 0 saturated heterocycles. The number of hydrogen-bond acceptors (Lipinski definition) is 6. The van der Waals surface area contributed by atoms with Crippen LogP contribution in [0.2, 0.25) is 0 Å². The summed E-state index contributed by atoms with van der Waals surface area (Å²) >= 11 is 1.43. The van der Waals surface area contributed by atoms with E-state index in [0.717, 1.165) is 16.3 Å². The van der Waals surface area contributed by atoms with Crippen molar-refractivity contribution in [3.63, 3.8) is 0 Å². The smallest absolute Gasteiger partial charge is 0.235 e. The second-order valence-corrected chi connectivity index (χ2v) is 6.59. The predicted molar refractivity (Wildman–Crippen MR) is 101 cm³/mol. The van der Waals surface area contributed by atoms with Crippen molar-refractivity contribution in [3.05, 3.63) is 70.7 Å². The van der Waals surface area contributed by atoms with Crippen LogP contribution in [0, 0.1) is 5.82 Å². The van der Waals surface area contributed by atoms with Crippen molar-refractivity contribution >= 4 is 28.4 Å². The zero-order chi connectivity index (χ0) is 18.6. The highest BCUT2D eigenvalue weighted by atomic mass is 32.1. The van der Waals surface area contributed by atoms with Crippen molar-refractivity contribution in [2.45, 2.75) is 6.61 Å². The molecule has 4 rings (SSSR count). The molecule has 2 aromatic carbocycles. The lowest BCUT2D eigenvalue weighted by Gasteiger charge is -2.03. The minimum Gasteiger partial charge on any atom is -0.497 e. The number of hydrogen-bond donors (Lipinski definition) is 0. The maximum absolute atomic E-state index is 12.9. The summed E-state index contributed by atoms with van der Waals surface area (Å²) in [7, 11) is 1.64. The van der Waals surface area contributed by atoms with E-state index in [-0.39, 0.29) is 12.4 Å². The molecule has 27 heavy (non-hydrogen) atoms. The molecule has 0 radical (unpaired) electrons. The number of ether oxygens (including phenoxy) is 2. The zero-order valence-electron chi connectivity index (χ0n) is 14.4. The van der Waals surface area contributed by atoms with E-state index in [1.54, 1.807) is 23.8 Å². The summed E-state index contributed by atoms with van der Waals surface area (Å²) < 4.78 is 25.4. The van der Waals surface area contributed by atoms with Crippen LogP contribution in [0.3, 0.4) is 0 Å². The largest absolute Gasteiger partial charge is 0.497 e. The van der Waals surface area contributed by atoms with Gasteiger partial charge in [0, 0.05) is 0 Å². The fourth-order valence-electron chi connectivity index (χ4n) is 2.39. The van der Waals surface area contributed by atoms with Crippen molar-refractivity contribution in [1.82, 2.24) is 19.8 Å². The van der Waals surface area contributed by atoms with Crippen LogP contribution in [0.15, 0.2) is 48.5 Å². The molecule has 0 saturated carbocycles. The van der Waals surface area contributed by atoms with Crippen molar-refractivity contribution < 1.29 is 13.9 Å². The van der Waals surface area contributed by atoms with Gasteiger partial charge in [0.05, 0.1) is 7.11 Å². The maximum Gasteiger partial charge on any atom is 0.235 e. The van der Waals surface area contributed by atoms with Gasteiger partial charge in [-0.3, -0.25) is 0 Å². The molecule has 0 aliphatic heterocycles. The highest BCUT2D eigenvalue weighted by Crippen LogP contribution is 2.19. The lowest BCUT2D eigenvalue weighted by molar-refractivity contribution is 0.292. The Balaban J connectivity index is 1.47. The van der Waals surface area contributed by atoms with Gasteiger partial charge in [-0.05, 0) is 48.0 Å². The third kappa shape index (κ3) is 3.95.